The summed E-state index contributed by atoms with van der Waals surface area (Å²) in [5, 5.41) is 11.5. The van der Waals surface area contributed by atoms with E-state index in [4.69, 9.17) is 0 Å². The van der Waals surface area contributed by atoms with Crippen LogP contribution in [0.4, 0.5) is 11.4 Å². The molecule has 6 nitrogen and oxygen atoms in total. The van der Waals surface area contributed by atoms with E-state index < -0.39 is 0 Å². The third-order valence-electron chi connectivity index (χ3n) is 3.24. The summed E-state index contributed by atoms with van der Waals surface area (Å²) in [5.74, 6) is 0.579. The number of carbonyl (C=O) groups is 1. The zero-order chi connectivity index (χ0) is 18.3. The van der Waals surface area contributed by atoms with Crippen LogP contribution in [-0.2, 0) is 9.53 Å². The minimum Gasteiger partial charge on any atom is -0.468 e. The third-order valence-corrected chi connectivity index (χ3v) is 4.21. The lowest BCUT2D eigenvalue weighted by molar-refractivity contribution is -0.384. The number of nitro groups is 1. The highest BCUT2D eigenvalue weighted by Crippen LogP contribution is 2.33. The Hall–Kier alpha value is -1.76. The summed E-state index contributed by atoms with van der Waals surface area (Å²) < 4.78 is 4.60. The standard InChI is InChI=1S/C17H26N2O4S/c1-12(2)9-18(10-13(3)4)15-7-6-14(8-16(15)19(21)22)24-11-17(20)23-5/h6-8,12-13H,9-11H2,1-5H3. The maximum Gasteiger partial charge on any atom is 0.315 e. The van der Waals surface area contributed by atoms with Gasteiger partial charge in [0.1, 0.15) is 5.69 Å². The van der Waals surface area contributed by atoms with Crippen LogP contribution in [0.5, 0.6) is 0 Å². The second kappa shape index (κ2) is 9.52. The van der Waals surface area contributed by atoms with Gasteiger partial charge in [0.2, 0.25) is 0 Å². The fourth-order valence-corrected chi connectivity index (χ4v) is 3.12. The molecule has 0 heterocycles. The van der Waals surface area contributed by atoms with Gasteiger partial charge in [-0.3, -0.25) is 14.9 Å². The number of esters is 1. The molecule has 0 atom stereocenters. The Balaban J connectivity index is 3.11. The van der Waals surface area contributed by atoms with Gasteiger partial charge < -0.3 is 9.64 Å². The molecule has 0 saturated heterocycles. The van der Waals surface area contributed by atoms with Gasteiger partial charge >= 0.3 is 5.97 Å². The average molecular weight is 354 g/mol. The van der Waals surface area contributed by atoms with Gasteiger partial charge in [-0.25, -0.2) is 0 Å². The third kappa shape index (κ3) is 6.39. The van der Waals surface area contributed by atoms with Crippen molar-refractivity contribution in [1.29, 1.82) is 0 Å². The molecule has 0 radical (unpaired) electrons. The molecule has 0 aliphatic carbocycles. The highest BCUT2D eigenvalue weighted by Gasteiger charge is 2.22. The number of carbonyl (C=O) groups excluding carboxylic acids is 1. The maximum absolute atomic E-state index is 11.5. The van der Waals surface area contributed by atoms with E-state index in [1.165, 1.54) is 24.9 Å². The van der Waals surface area contributed by atoms with E-state index in [0.29, 0.717) is 22.4 Å². The molecule has 0 aliphatic heterocycles. The number of methoxy groups -OCH3 is 1. The number of ether oxygens (including phenoxy) is 1. The number of benzene rings is 1. The molecule has 0 saturated carbocycles. The smallest absolute Gasteiger partial charge is 0.315 e. The van der Waals surface area contributed by atoms with Crippen molar-refractivity contribution in [3.05, 3.63) is 28.3 Å². The lowest BCUT2D eigenvalue weighted by Crippen LogP contribution is -2.31. The molecule has 0 unspecified atom stereocenters. The Kier molecular flexibility index (Phi) is 8.04. The minimum atomic E-state index is -0.356. The Morgan fingerprint density at radius 2 is 1.83 bits per heavy atom. The van der Waals surface area contributed by atoms with E-state index in [1.54, 1.807) is 6.07 Å². The first-order valence-electron chi connectivity index (χ1n) is 7.97. The van der Waals surface area contributed by atoms with Crippen LogP contribution in [-0.4, -0.2) is 36.8 Å². The molecule has 0 N–H and O–H groups in total. The van der Waals surface area contributed by atoms with Gasteiger partial charge in [-0.1, -0.05) is 27.7 Å². The molecule has 0 fully saturated rings. The second-order valence-electron chi connectivity index (χ2n) is 6.47. The summed E-state index contributed by atoms with van der Waals surface area (Å²) in [6.07, 6.45) is 0. The molecule has 0 spiro atoms. The Bertz CT molecular complexity index is 566. The van der Waals surface area contributed by atoms with Crippen molar-refractivity contribution in [1.82, 2.24) is 0 Å². The minimum absolute atomic E-state index is 0.0752. The molecule has 1 rings (SSSR count). The van der Waals surface area contributed by atoms with Crippen LogP contribution in [0.15, 0.2) is 23.1 Å². The van der Waals surface area contributed by atoms with Crippen LogP contribution in [0.2, 0.25) is 0 Å². The Morgan fingerprint density at radius 3 is 2.29 bits per heavy atom. The van der Waals surface area contributed by atoms with E-state index in [9.17, 15) is 14.9 Å². The molecule has 1 aromatic carbocycles. The fraction of sp³-hybridized carbons (Fsp3) is 0.588. The summed E-state index contributed by atoms with van der Waals surface area (Å²) in [6.45, 7) is 9.90. The highest BCUT2D eigenvalue weighted by atomic mass is 32.2. The monoisotopic (exact) mass is 354 g/mol. The summed E-state index contributed by atoms with van der Waals surface area (Å²) in [4.78, 5) is 25.2. The summed E-state index contributed by atoms with van der Waals surface area (Å²) in [5.41, 5.74) is 0.705. The first-order valence-corrected chi connectivity index (χ1v) is 8.96. The highest BCUT2D eigenvalue weighted by molar-refractivity contribution is 8.00. The lowest BCUT2D eigenvalue weighted by atomic mass is 10.1. The van der Waals surface area contributed by atoms with Crippen LogP contribution >= 0.6 is 11.8 Å². The van der Waals surface area contributed by atoms with Gasteiger partial charge in [0.15, 0.2) is 0 Å². The Morgan fingerprint density at radius 1 is 1.25 bits per heavy atom. The molecule has 0 aromatic heterocycles. The summed E-state index contributed by atoms with van der Waals surface area (Å²) >= 11 is 1.24. The van der Waals surface area contributed by atoms with Crippen molar-refractivity contribution in [2.45, 2.75) is 32.6 Å². The number of anilines is 1. The van der Waals surface area contributed by atoms with Gasteiger partial charge in [0.05, 0.1) is 17.8 Å². The summed E-state index contributed by atoms with van der Waals surface area (Å²) in [7, 11) is 1.32. The van der Waals surface area contributed by atoms with Gasteiger partial charge in [-0.2, -0.15) is 0 Å². The predicted octanol–water partition coefficient (Wildman–Crippen LogP) is 3.98. The topological polar surface area (TPSA) is 72.7 Å². The first kappa shape index (κ1) is 20.3. The molecule has 134 valence electrons. The van der Waals surface area contributed by atoms with E-state index in [-0.39, 0.29) is 22.3 Å². The molecule has 0 amide bonds. The SMILES string of the molecule is COC(=O)CSc1ccc(N(CC(C)C)CC(C)C)c([N+](=O)[O-])c1. The van der Waals surface area contributed by atoms with E-state index in [2.05, 4.69) is 37.3 Å². The maximum atomic E-state index is 11.5. The van der Waals surface area contributed by atoms with Crippen molar-refractivity contribution in [2.75, 3.05) is 30.9 Å². The van der Waals surface area contributed by atoms with Gasteiger partial charge in [-0.15, -0.1) is 11.8 Å². The zero-order valence-corrected chi connectivity index (χ0v) is 15.8. The predicted molar refractivity (Wildman–Crippen MR) is 97.7 cm³/mol. The van der Waals surface area contributed by atoms with E-state index in [0.717, 1.165) is 13.1 Å². The van der Waals surface area contributed by atoms with E-state index >= 15 is 0 Å². The van der Waals surface area contributed by atoms with Crippen molar-refractivity contribution >= 4 is 29.1 Å². The van der Waals surface area contributed by atoms with Crippen LogP contribution in [0.1, 0.15) is 27.7 Å². The van der Waals surface area contributed by atoms with Gasteiger partial charge in [-0.05, 0) is 24.0 Å². The lowest BCUT2D eigenvalue weighted by Gasteiger charge is -2.28. The first-order chi connectivity index (χ1) is 11.2. The normalized spacial score (nSPS) is 11.0. The van der Waals surface area contributed by atoms with Crippen molar-refractivity contribution < 1.29 is 14.5 Å². The van der Waals surface area contributed by atoms with Crippen molar-refractivity contribution in [3.8, 4) is 0 Å². The molecule has 0 bridgehead atoms. The quantitative estimate of drug-likeness (QED) is 0.289. The van der Waals surface area contributed by atoms with Crippen LogP contribution in [0, 0.1) is 22.0 Å². The molecule has 7 heteroatoms. The van der Waals surface area contributed by atoms with Crippen LogP contribution < -0.4 is 4.90 Å². The average Bonchev–Trinajstić information content (AvgIpc) is 2.50. The molecule has 0 aliphatic rings. The van der Waals surface area contributed by atoms with Gasteiger partial charge in [0, 0.05) is 24.1 Å². The number of thioether (sulfide) groups is 1. The van der Waals surface area contributed by atoms with Crippen LogP contribution in [0.25, 0.3) is 0 Å². The number of hydrogen-bond donors (Lipinski definition) is 0. The molecular weight excluding hydrogens is 328 g/mol. The largest absolute Gasteiger partial charge is 0.468 e. The molecule has 24 heavy (non-hydrogen) atoms. The van der Waals surface area contributed by atoms with E-state index in [1.807, 2.05) is 6.07 Å². The summed E-state index contributed by atoms with van der Waals surface area (Å²) in [6, 6.07) is 5.14. The number of nitrogens with zero attached hydrogens (tertiary/aromatic N) is 2. The number of hydrogen-bond acceptors (Lipinski definition) is 6. The Labute approximate surface area is 147 Å². The second-order valence-corrected chi connectivity index (χ2v) is 7.51. The van der Waals surface area contributed by atoms with Crippen LogP contribution in [0.3, 0.4) is 0 Å². The fourth-order valence-electron chi connectivity index (χ4n) is 2.36. The number of nitro benzene ring substituents is 1. The zero-order valence-electron chi connectivity index (χ0n) is 14.9. The van der Waals surface area contributed by atoms with Crippen molar-refractivity contribution in [2.24, 2.45) is 11.8 Å². The molecular formula is C17H26N2O4S. The number of rotatable bonds is 9. The van der Waals surface area contributed by atoms with Gasteiger partial charge in [0.25, 0.3) is 5.69 Å². The van der Waals surface area contributed by atoms with Crippen molar-refractivity contribution in [3.63, 3.8) is 0 Å². The molecule has 1 aromatic rings.